The van der Waals surface area contributed by atoms with E-state index < -0.39 is 12.6 Å². The lowest BCUT2D eigenvalue weighted by Gasteiger charge is -2.29. The Balaban J connectivity index is 2.75. The van der Waals surface area contributed by atoms with Gasteiger partial charge in [-0.05, 0) is 24.0 Å². The van der Waals surface area contributed by atoms with Gasteiger partial charge in [0, 0.05) is 12.3 Å². The fourth-order valence-electron chi connectivity index (χ4n) is 1.80. The van der Waals surface area contributed by atoms with Crippen LogP contribution in [0.3, 0.4) is 0 Å². The minimum atomic E-state index is -4.10. The Morgan fingerprint density at radius 1 is 1.25 bits per heavy atom. The van der Waals surface area contributed by atoms with Gasteiger partial charge in [-0.1, -0.05) is 20.8 Å². The van der Waals surface area contributed by atoms with Crippen molar-refractivity contribution in [2.45, 2.75) is 45.7 Å². The van der Waals surface area contributed by atoms with E-state index in [9.17, 15) is 13.2 Å². The molecule has 0 bridgehead atoms. The first-order valence-electron chi connectivity index (χ1n) is 5.30. The summed E-state index contributed by atoms with van der Waals surface area (Å²) in [5.41, 5.74) is -0.233. The Hall–Kier alpha value is -0.930. The fourth-order valence-corrected chi connectivity index (χ4v) is 1.80. The van der Waals surface area contributed by atoms with Crippen molar-refractivity contribution in [1.29, 1.82) is 0 Å². The van der Waals surface area contributed by atoms with Gasteiger partial charge in [0.1, 0.15) is 5.76 Å². The van der Waals surface area contributed by atoms with Gasteiger partial charge >= 0.3 is 6.18 Å². The van der Waals surface area contributed by atoms with Crippen LogP contribution in [0, 0.1) is 5.41 Å². The smallest absolute Gasteiger partial charge is 0.389 e. The molecule has 0 aliphatic carbocycles. The fraction of sp³-hybridized carbons (Fsp3) is 0.667. The van der Waals surface area contributed by atoms with E-state index in [2.05, 4.69) is 0 Å². The van der Waals surface area contributed by atoms with Gasteiger partial charge in [0.2, 0.25) is 0 Å². The van der Waals surface area contributed by atoms with Crippen LogP contribution in [-0.2, 0) is 0 Å². The molecule has 0 saturated carbocycles. The second kappa shape index (κ2) is 4.52. The highest BCUT2D eigenvalue weighted by Gasteiger charge is 2.34. The van der Waals surface area contributed by atoms with Crippen molar-refractivity contribution in [1.82, 2.24) is 0 Å². The van der Waals surface area contributed by atoms with E-state index in [-0.39, 0.29) is 17.8 Å². The van der Waals surface area contributed by atoms with E-state index in [1.165, 1.54) is 6.26 Å². The number of hydrogen-bond acceptors (Lipinski definition) is 1. The predicted molar refractivity (Wildman–Crippen MR) is 56.2 cm³/mol. The zero-order valence-corrected chi connectivity index (χ0v) is 9.77. The first kappa shape index (κ1) is 13.1. The zero-order chi connectivity index (χ0) is 12.4. The molecule has 1 rings (SSSR count). The van der Waals surface area contributed by atoms with Gasteiger partial charge in [-0.2, -0.15) is 13.2 Å². The highest BCUT2D eigenvalue weighted by atomic mass is 19.4. The molecule has 0 aliphatic rings. The standard InChI is InChI=1S/C12H17F3O/c1-11(2,3)9(6-7-12(13,14)15)10-5-4-8-16-10/h4-5,8-9H,6-7H2,1-3H3. The lowest BCUT2D eigenvalue weighted by Crippen LogP contribution is -2.20. The minimum absolute atomic E-state index is 0.0700. The zero-order valence-electron chi connectivity index (χ0n) is 9.77. The molecule has 0 N–H and O–H groups in total. The summed E-state index contributed by atoms with van der Waals surface area (Å²) in [6, 6.07) is 3.45. The first-order valence-corrected chi connectivity index (χ1v) is 5.30. The van der Waals surface area contributed by atoms with Crippen molar-refractivity contribution in [2.24, 2.45) is 5.41 Å². The van der Waals surface area contributed by atoms with E-state index in [1.54, 1.807) is 12.1 Å². The molecule has 0 aliphatic heterocycles. The Morgan fingerprint density at radius 2 is 1.88 bits per heavy atom. The molecule has 1 aromatic heterocycles. The van der Waals surface area contributed by atoms with Crippen LogP contribution in [0.5, 0.6) is 0 Å². The average molecular weight is 234 g/mol. The second-order valence-electron chi connectivity index (χ2n) is 5.09. The third-order valence-corrected chi connectivity index (χ3v) is 2.65. The van der Waals surface area contributed by atoms with Gasteiger partial charge < -0.3 is 4.42 Å². The summed E-state index contributed by atoms with van der Waals surface area (Å²) in [7, 11) is 0. The van der Waals surface area contributed by atoms with Gasteiger partial charge in [0.25, 0.3) is 0 Å². The summed E-state index contributed by atoms with van der Waals surface area (Å²) in [4.78, 5) is 0. The lowest BCUT2D eigenvalue weighted by atomic mass is 9.76. The highest BCUT2D eigenvalue weighted by Crippen LogP contribution is 2.40. The molecular formula is C12H17F3O. The number of halogens is 3. The molecule has 1 aromatic rings. The Morgan fingerprint density at radius 3 is 2.25 bits per heavy atom. The van der Waals surface area contributed by atoms with E-state index >= 15 is 0 Å². The maximum Gasteiger partial charge on any atom is 0.389 e. The molecule has 0 fully saturated rings. The third-order valence-electron chi connectivity index (χ3n) is 2.65. The van der Waals surface area contributed by atoms with Crippen LogP contribution in [0.15, 0.2) is 22.8 Å². The van der Waals surface area contributed by atoms with Crippen LogP contribution in [0.25, 0.3) is 0 Å². The van der Waals surface area contributed by atoms with Crippen molar-refractivity contribution in [3.05, 3.63) is 24.2 Å². The van der Waals surface area contributed by atoms with Gasteiger partial charge in [0.05, 0.1) is 6.26 Å². The topological polar surface area (TPSA) is 13.1 Å². The van der Waals surface area contributed by atoms with Crippen LogP contribution in [0.2, 0.25) is 0 Å². The summed E-state index contributed by atoms with van der Waals surface area (Å²) in [6.45, 7) is 5.78. The van der Waals surface area contributed by atoms with Crippen molar-refractivity contribution in [2.75, 3.05) is 0 Å². The van der Waals surface area contributed by atoms with Gasteiger partial charge in [-0.15, -0.1) is 0 Å². The van der Waals surface area contributed by atoms with Crippen molar-refractivity contribution < 1.29 is 17.6 Å². The molecule has 0 saturated heterocycles. The van der Waals surface area contributed by atoms with Gasteiger partial charge in [-0.25, -0.2) is 0 Å². The molecule has 1 unspecified atom stereocenters. The lowest BCUT2D eigenvalue weighted by molar-refractivity contribution is -0.137. The molecule has 0 amide bonds. The summed E-state index contributed by atoms with van der Waals surface area (Å²) in [6.07, 6.45) is -3.30. The molecule has 1 heterocycles. The highest BCUT2D eigenvalue weighted by molar-refractivity contribution is 5.08. The second-order valence-corrected chi connectivity index (χ2v) is 5.09. The van der Waals surface area contributed by atoms with Gasteiger partial charge in [-0.3, -0.25) is 0 Å². The van der Waals surface area contributed by atoms with Crippen molar-refractivity contribution in [3.8, 4) is 0 Å². The van der Waals surface area contributed by atoms with E-state index in [0.29, 0.717) is 5.76 Å². The van der Waals surface area contributed by atoms with E-state index in [4.69, 9.17) is 4.42 Å². The molecule has 1 nitrogen and oxygen atoms in total. The molecular weight excluding hydrogens is 217 g/mol. The molecule has 1 atom stereocenters. The SMILES string of the molecule is CC(C)(C)C(CCC(F)(F)F)c1ccco1. The van der Waals surface area contributed by atoms with Crippen LogP contribution in [0.4, 0.5) is 13.2 Å². The van der Waals surface area contributed by atoms with Crippen LogP contribution < -0.4 is 0 Å². The summed E-state index contributed by atoms with van der Waals surface area (Å²) >= 11 is 0. The summed E-state index contributed by atoms with van der Waals surface area (Å²) in [5, 5.41) is 0. The van der Waals surface area contributed by atoms with E-state index in [0.717, 1.165) is 0 Å². The predicted octanol–water partition coefficient (Wildman–Crippen LogP) is 4.75. The normalized spacial score (nSPS) is 15.1. The van der Waals surface area contributed by atoms with Crippen LogP contribution in [-0.4, -0.2) is 6.18 Å². The molecule has 0 spiro atoms. The number of alkyl halides is 3. The summed E-state index contributed by atoms with van der Waals surface area (Å²) < 4.78 is 41.9. The van der Waals surface area contributed by atoms with Crippen LogP contribution >= 0.6 is 0 Å². The monoisotopic (exact) mass is 234 g/mol. The van der Waals surface area contributed by atoms with Crippen LogP contribution in [0.1, 0.15) is 45.3 Å². The molecule has 0 aromatic carbocycles. The molecule has 92 valence electrons. The number of hydrogen-bond donors (Lipinski definition) is 0. The first-order chi connectivity index (χ1) is 7.20. The number of rotatable bonds is 3. The van der Waals surface area contributed by atoms with Crippen molar-refractivity contribution in [3.63, 3.8) is 0 Å². The van der Waals surface area contributed by atoms with Gasteiger partial charge in [0.15, 0.2) is 0 Å². The quantitative estimate of drug-likeness (QED) is 0.735. The Kier molecular flexibility index (Phi) is 3.71. The Labute approximate surface area is 93.6 Å². The van der Waals surface area contributed by atoms with E-state index in [1.807, 2.05) is 20.8 Å². The molecule has 0 radical (unpaired) electrons. The maximum atomic E-state index is 12.2. The third kappa shape index (κ3) is 3.91. The maximum absolute atomic E-state index is 12.2. The molecule has 4 heteroatoms. The average Bonchev–Trinajstić information content (AvgIpc) is 2.52. The minimum Gasteiger partial charge on any atom is -0.469 e. The Bertz CT molecular complexity index is 306. The largest absolute Gasteiger partial charge is 0.469 e. The molecule has 16 heavy (non-hydrogen) atoms. The number of furan rings is 1. The van der Waals surface area contributed by atoms with Crippen molar-refractivity contribution >= 4 is 0 Å². The summed E-state index contributed by atoms with van der Waals surface area (Å²) in [5.74, 6) is 0.431.